The molecule has 6 nitrogen and oxygen atoms in total. The summed E-state index contributed by atoms with van der Waals surface area (Å²) in [7, 11) is 0. The van der Waals surface area contributed by atoms with E-state index in [1.54, 1.807) is 12.1 Å². The van der Waals surface area contributed by atoms with Gasteiger partial charge in [0, 0.05) is 12.0 Å². The summed E-state index contributed by atoms with van der Waals surface area (Å²) in [5, 5.41) is 4.35. The summed E-state index contributed by atoms with van der Waals surface area (Å²) in [5.74, 6) is -4.78. The van der Waals surface area contributed by atoms with E-state index in [2.05, 4.69) is 10.6 Å². The fourth-order valence-corrected chi connectivity index (χ4v) is 2.23. The van der Waals surface area contributed by atoms with Crippen LogP contribution >= 0.6 is 12.4 Å². The predicted octanol–water partition coefficient (Wildman–Crippen LogP) is 0.637. The molecule has 1 aliphatic rings. The molecule has 0 saturated carbocycles. The Bertz CT molecular complexity index is 623. The third kappa shape index (κ3) is 5.24. The highest BCUT2D eigenvalue weighted by Crippen LogP contribution is 2.18. The molecule has 0 bridgehead atoms. The fourth-order valence-electron chi connectivity index (χ4n) is 2.23. The number of halogens is 3. The van der Waals surface area contributed by atoms with Crippen LogP contribution in [0.4, 0.5) is 8.78 Å². The van der Waals surface area contributed by atoms with Gasteiger partial charge in [0.1, 0.15) is 0 Å². The minimum Gasteiger partial charge on any atom is -0.346 e. The van der Waals surface area contributed by atoms with E-state index in [9.17, 15) is 23.2 Å². The number of hydrogen-bond donors (Lipinski definition) is 3. The molecular formula is C15H18ClF2N3O3. The predicted molar refractivity (Wildman–Crippen MR) is 85.0 cm³/mol. The molecule has 3 amide bonds. The maximum absolute atomic E-state index is 13.0. The van der Waals surface area contributed by atoms with Crippen molar-refractivity contribution in [2.45, 2.75) is 18.8 Å². The molecule has 2 rings (SSSR count). The first-order chi connectivity index (χ1) is 10.8. The third-order valence-corrected chi connectivity index (χ3v) is 3.57. The van der Waals surface area contributed by atoms with Gasteiger partial charge in [0.25, 0.3) is 11.8 Å². The summed E-state index contributed by atoms with van der Waals surface area (Å²) in [6.07, 6.45) is 0.528. The number of amides is 3. The Labute approximate surface area is 143 Å². The van der Waals surface area contributed by atoms with Crippen molar-refractivity contribution in [3.05, 3.63) is 35.4 Å². The van der Waals surface area contributed by atoms with Crippen molar-refractivity contribution in [1.82, 2.24) is 10.6 Å². The van der Waals surface area contributed by atoms with Crippen molar-refractivity contribution in [2.24, 2.45) is 11.7 Å². The first-order valence-electron chi connectivity index (χ1n) is 7.09. The fraction of sp³-hybridized carbons (Fsp3) is 0.400. The maximum Gasteiger partial charge on any atom is 0.277 e. The lowest BCUT2D eigenvalue weighted by Gasteiger charge is -2.14. The van der Waals surface area contributed by atoms with Crippen molar-refractivity contribution in [1.29, 1.82) is 0 Å². The van der Waals surface area contributed by atoms with Crippen molar-refractivity contribution < 1.29 is 23.2 Å². The lowest BCUT2D eigenvalue weighted by Crippen LogP contribution is -2.41. The van der Waals surface area contributed by atoms with Gasteiger partial charge < -0.3 is 11.1 Å². The number of benzene rings is 1. The number of rotatable bonds is 6. The van der Waals surface area contributed by atoms with Gasteiger partial charge in [-0.2, -0.15) is 0 Å². The van der Waals surface area contributed by atoms with Gasteiger partial charge in [-0.1, -0.05) is 12.1 Å². The van der Waals surface area contributed by atoms with E-state index in [1.165, 1.54) is 12.1 Å². The van der Waals surface area contributed by atoms with Crippen LogP contribution in [0, 0.1) is 5.92 Å². The van der Waals surface area contributed by atoms with Crippen LogP contribution in [-0.4, -0.2) is 36.7 Å². The Morgan fingerprint density at radius 1 is 1.29 bits per heavy atom. The molecule has 1 fully saturated rings. The SMILES string of the molecule is Cl.NCC(F)(F)CNC(=O)c1ccc(CC2CC(=O)NC2=O)cc1. The molecule has 1 saturated heterocycles. The highest BCUT2D eigenvalue weighted by Gasteiger charge is 2.30. The van der Waals surface area contributed by atoms with Gasteiger partial charge in [0.15, 0.2) is 0 Å². The third-order valence-electron chi connectivity index (χ3n) is 3.57. The summed E-state index contributed by atoms with van der Waals surface area (Å²) in [5.41, 5.74) is 5.90. The van der Waals surface area contributed by atoms with Gasteiger partial charge in [-0.3, -0.25) is 19.7 Å². The number of hydrogen-bond acceptors (Lipinski definition) is 4. The lowest BCUT2D eigenvalue weighted by molar-refractivity contribution is -0.125. The van der Waals surface area contributed by atoms with Crippen LogP contribution in [0.1, 0.15) is 22.3 Å². The van der Waals surface area contributed by atoms with Crippen LogP contribution in [0.15, 0.2) is 24.3 Å². The second kappa shape index (κ2) is 8.16. The van der Waals surface area contributed by atoms with E-state index >= 15 is 0 Å². The van der Waals surface area contributed by atoms with Gasteiger partial charge >= 0.3 is 0 Å². The van der Waals surface area contributed by atoms with Crippen molar-refractivity contribution in [2.75, 3.05) is 13.1 Å². The zero-order valence-electron chi connectivity index (χ0n) is 12.7. The van der Waals surface area contributed by atoms with Crippen LogP contribution in [-0.2, 0) is 16.0 Å². The van der Waals surface area contributed by atoms with Gasteiger partial charge in [0.05, 0.1) is 19.0 Å². The highest BCUT2D eigenvalue weighted by atomic mass is 35.5. The van der Waals surface area contributed by atoms with Crippen molar-refractivity contribution in [3.63, 3.8) is 0 Å². The Morgan fingerprint density at radius 2 is 1.92 bits per heavy atom. The summed E-state index contributed by atoms with van der Waals surface area (Å²) in [6, 6.07) is 6.23. The lowest BCUT2D eigenvalue weighted by atomic mass is 9.97. The zero-order valence-corrected chi connectivity index (χ0v) is 13.5. The number of carbonyl (C=O) groups is 3. The molecule has 0 aromatic heterocycles. The molecular weight excluding hydrogens is 344 g/mol. The van der Waals surface area contributed by atoms with Crippen molar-refractivity contribution in [3.8, 4) is 0 Å². The number of nitrogens with one attached hydrogen (secondary N) is 2. The molecule has 0 radical (unpaired) electrons. The average molecular weight is 362 g/mol. The molecule has 4 N–H and O–H groups in total. The van der Waals surface area contributed by atoms with Crippen LogP contribution < -0.4 is 16.4 Å². The molecule has 0 aliphatic carbocycles. The monoisotopic (exact) mass is 361 g/mol. The van der Waals surface area contributed by atoms with Crippen LogP contribution in [0.2, 0.25) is 0 Å². The number of imide groups is 1. The molecule has 132 valence electrons. The second-order valence-electron chi connectivity index (χ2n) is 5.46. The van der Waals surface area contributed by atoms with E-state index in [0.717, 1.165) is 5.56 Å². The van der Waals surface area contributed by atoms with E-state index < -0.39 is 30.8 Å². The summed E-state index contributed by atoms with van der Waals surface area (Å²) >= 11 is 0. The molecule has 1 aliphatic heterocycles. The quantitative estimate of drug-likeness (QED) is 0.647. The van der Waals surface area contributed by atoms with E-state index in [-0.39, 0.29) is 36.2 Å². The molecule has 24 heavy (non-hydrogen) atoms. The Hall–Kier alpha value is -2.06. The van der Waals surface area contributed by atoms with Crippen LogP contribution in [0.25, 0.3) is 0 Å². The molecule has 1 atom stereocenters. The molecule has 0 spiro atoms. The minimum atomic E-state index is -3.14. The Balaban J connectivity index is 0.00000288. The number of carbonyl (C=O) groups excluding carboxylic acids is 3. The molecule has 1 unspecified atom stereocenters. The average Bonchev–Trinajstić information content (AvgIpc) is 2.83. The Kier molecular flexibility index (Phi) is 6.80. The maximum atomic E-state index is 13.0. The minimum absolute atomic E-state index is 0. The largest absolute Gasteiger partial charge is 0.346 e. The summed E-state index contributed by atoms with van der Waals surface area (Å²) in [4.78, 5) is 34.4. The van der Waals surface area contributed by atoms with E-state index in [4.69, 9.17) is 5.73 Å². The first kappa shape index (κ1) is 20.0. The van der Waals surface area contributed by atoms with Gasteiger partial charge in [0.2, 0.25) is 11.8 Å². The smallest absolute Gasteiger partial charge is 0.277 e. The molecule has 1 heterocycles. The number of nitrogens with two attached hydrogens (primary N) is 1. The van der Waals surface area contributed by atoms with Crippen LogP contribution in [0.5, 0.6) is 0 Å². The van der Waals surface area contributed by atoms with Gasteiger partial charge in [-0.15, -0.1) is 12.4 Å². The molecule has 9 heteroatoms. The van der Waals surface area contributed by atoms with Gasteiger partial charge in [-0.05, 0) is 24.1 Å². The van der Waals surface area contributed by atoms with E-state index in [0.29, 0.717) is 6.42 Å². The highest BCUT2D eigenvalue weighted by molar-refractivity contribution is 6.03. The van der Waals surface area contributed by atoms with Gasteiger partial charge in [-0.25, -0.2) is 8.78 Å². The normalized spacial score (nSPS) is 17.2. The molecule has 1 aromatic carbocycles. The summed E-state index contributed by atoms with van der Waals surface area (Å²) < 4.78 is 26.0. The summed E-state index contributed by atoms with van der Waals surface area (Å²) in [6.45, 7) is -1.66. The second-order valence-corrected chi connectivity index (χ2v) is 5.46. The Morgan fingerprint density at radius 3 is 2.42 bits per heavy atom. The standard InChI is InChI=1S/C15H17F2N3O3.ClH/c16-15(17,7-18)8-19-13(22)10-3-1-9(2-4-10)5-11-6-12(21)20-14(11)23;/h1-4,11H,5-8,18H2,(H,19,22)(H,20,21,23);1H. The zero-order chi connectivity index (χ0) is 17.0. The number of alkyl halides is 2. The van der Waals surface area contributed by atoms with E-state index in [1.807, 2.05) is 0 Å². The topological polar surface area (TPSA) is 101 Å². The van der Waals surface area contributed by atoms with Crippen LogP contribution in [0.3, 0.4) is 0 Å². The molecule has 1 aromatic rings. The van der Waals surface area contributed by atoms with Crippen molar-refractivity contribution >= 4 is 30.1 Å². The first-order valence-corrected chi connectivity index (χ1v) is 7.09.